The van der Waals surface area contributed by atoms with Gasteiger partial charge in [-0.25, -0.2) is 8.42 Å². The molecule has 0 N–H and O–H groups in total. The molecule has 0 saturated heterocycles. The molecular formula is C24H31NO4S. The number of ether oxygens (including phenoxy) is 2. The van der Waals surface area contributed by atoms with E-state index in [1.54, 1.807) is 18.5 Å². The average molecular weight is 430 g/mol. The van der Waals surface area contributed by atoms with Crippen molar-refractivity contribution in [1.82, 2.24) is 4.31 Å². The van der Waals surface area contributed by atoms with Crippen LogP contribution in [0.25, 0.3) is 0 Å². The Morgan fingerprint density at radius 1 is 0.933 bits per heavy atom. The van der Waals surface area contributed by atoms with Crippen molar-refractivity contribution in [3.63, 3.8) is 0 Å². The summed E-state index contributed by atoms with van der Waals surface area (Å²) < 4.78 is 39.0. The molecule has 1 aliphatic carbocycles. The minimum Gasteiger partial charge on any atom is -0.497 e. The number of hydrogen-bond donors (Lipinski definition) is 0. The molecule has 30 heavy (non-hydrogen) atoms. The van der Waals surface area contributed by atoms with Crippen molar-refractivity contribution in [1.29, 1.82) is 0 Å². The summed E-state index contributed by atoms with van der Waals surface area (Å²) in [7, 11) is -0.238. The first kappa shape index (κ1) is 22.4. The normalized spacial score (nSPS) is 17.2. The van der Waals surface area contributed by atoms with Gasteiger partial charge in [-0.1, -0.05) is 35.9 Å². The summed E-state index contributed by atoms with van der Waals surface area (Å²) in [4.78, 5) is 0. The zero-order chi connectivity index (χ0) is 21.7. The molecular weight excluding hydrogens is 398 g/mol. The quantitative estimate of drug-likeness (QED) is 0.510. The first-order valence-electron chi connectivity index (χ1n) is 10.2. The SMILES string of the molecule is COc1ccc(CN(Cc2ccc(OC)cc2)S(=O)(=O)C(C)CC2C=C(C)C2)cc1. The Bertz CT molecular complexity index is 916. The van der Waals surface area contributed by atoms with Gasteiger partial charge in [-0.15, -0.1) is 0 Å². The van der Waals surface area contributed by atoms with Crippen LogP contribution in [-0.4, -0.2) is 32.2 Å². The van der Waals surface area contributed by atoms with Crippen LogP contribution in [0, 0.1) is 5.92 Å². The Kier molecular flexibility index (Phi) is 7.21. The maximum Gasteiger partial charge on any atom is 0.217 e. The van der Waals surface area contributed by atoms with Crippen LogP contribution in [0.5, 0.6) is 11.5 Å². The third-order valence-electron chi connectivity index (χ3n) is 5.64. The highest BCUT2D eigenvalue weighted by molar-refractivity contribution is 7.89. The third kappa shape index (κ3) is 5.43. The zero-order valence-corrected chi connectivity index (χ0v) is 19.0. The summed E-state index contributed by atoms with van der Waals surface area (Å²) in [5.74, 6) is 1.87. The smallest absolute Gasteiger partial charge is 0.217 e. The molecule has 1 aliphatic rings. The summed E-state index contributed by atoms with van der Waals surface area (Å²) in [5.41, 5.74) is 3.21. The molecule has 2 aromatic rings. The molecule has 0 saturated carbocycles. The van der Waals surface area contributed by atoms with Crippen LogP contribution in [0.4, 0.5) is 0 Å². The van der Waals surface area contributed by atoms with Gasteiger partial charge in [-0.05, 0) is 68.0 Å². The molecule has 0 heterocycles. The van der Waals surface area contributed by atoms with Crippen molar-refractivity contribution in [3.05, 3.63) is 71.3 Å². The fraction of sp³-hybridized carbons (Fsp3) is 0.417. The van der Waals surface area contributed by atoms with E-state index in [2.05, 4.69) is 13.0 Å². The minimum atomic E-state index is -3.48. The van der Waals surface area contributed by atoms with Gasteiger partial charge in [-0.3, -0.25) is 0 Å². The lowest BCUT2D eigenvalue weighted by Crippen LogP contribution is -2.38. The first-order chi connectivity index (χ1) is 14.3. The number of hydrogen-bond acceptors (Lipinski definition) is 4. The predicted molar refractivity (Wildman–Crippen MR) is 120 cm³/mol. The zero-order valence-electron chi connectivity index (χ0n) is 18.2. The third-order valence-corrected chi connectivity index (χ3v) is 7.83. The van der Waals surface area contributed by atoms with Gasteiger partial charge in [-0.2, -0.15) is 4.31 Å². The van der Waals surface area contributed by atoms with E-state index in [0.29, 0.717) is 25.4 Å². The Morgan fingerprint density at radius 3 is 1.73 bits per heavy atom. The monoisotopic (exact) mass is 429 g/mol. The van der Waals surface area contributed by atoms with Gasteiger partial charge < -0.3 is 9.47 Å². The summed E-state index contributed by atoms with van der Waals surface area (Å²) in [6, 6.07) is 15.1. The highest BCUT2D eigenvalue weighted by Crippen LogP contribution is 2.32. The number of sulfonamides is 1. The van der Waals surface area contributed by atoms with Crippen molar-refractivity contribution in [2.75, 3.05) is 14.2 Å². The number of methoxy groups -OCH3 is 2. The Balaban J connectivity index is 1.82. The summed E-state index contributed by atoms with van der Waals surface area (Å²) >= 11 is 0. The van der Waals surface area contributed by atoms with Gasteiger partial charge in [0.2, 0.25) is 10.0 Å². The second kappa shape index (κ2) is 9.67. The van der Waals surface area contributed by atoms with E-state index in [1.807, 2.05) is 55.5 Å². The maximum absolute atomic E-state index is 13.5. The minimum absolute atomic E-state index is 0.322. The van der Waals surface area contributed by atoms with Crippen LogP contribution in [0.15, 0.2) is 60.2 Å². The van der Waals surface area contributed by atoms with Crippen LogP contribution in [0.3, 0.4) is 0 Å². The average Bonchev–Trinajstić information content (AvgIpc) is 2.73. The molecule has 0 fully saturated rings. The van der Waals surface area contributed by atoms with Gasteiger partial charge in [0.25, 0.3) is 0 Å². The van der Waals surface area contributed by atoms with Crippen molar-refractivity contribution in [3.8, 4) is 11.5 Å². The molecule has 0 spiro atoms. The maximum atomic E-state index is 13.5. The summed E-state index contributed by atoms with van der Waals surface area (Å²) in [5, 5.41) is -0.441. The number of nitrogens with zero attached hydrogens (tertiary/aromatic N) is 1. The van der Waals surface area contributed by atoms with Crippen LogP contribution in [0.1, 0.15) is 37.8 Å². The largest absolute Gasteiger partial charge is 0.497 e. The van der Waals surface area contributed by atoms with Crippen LogP contribution in [0.2, 0.25) is 0 Å². The highest BCUT2D eigenvalue weighted by atomic mass is 32.2. The second-order valence-electron chi connectivity index (χ2n) is 8.03. The molecule has 3 rings (SSSR count). The van der Waals surface area contributed by atoms with Gasteiger partial charge in [0.15, 0.2) is 0 Å². The molecule has 5 nitrogen and oxygen atoms in total. The van der Waals surface area contributed by atoms with E-state index in [-0.39, 0.29) is 0 Å². The fourth-order valence-electron chi connectivity index (χ4n) is 3.84. The van der Waals surface area contributed by atoms with Crippen LogP contribution in [-0.2, 0) is 23.1 Å². The first-order valence-corrected chi connectivity index (χ1v) is 11.7. The van der Waals surface area contributed by atoms with Crippen molar-refractivity contribution in [2.45, 2.75) is 45.0 Å². The van der Waals surface area contributed by atoms with Crippen LogP contribution < -0.4 is 9.47 Å². The summed E-state index contributed by atoms with van der Waals surface area (Å²) in [6.45, 7) is 4.56. The van der Waals surface area contributed by atoms with Crippen molar-refractivity contribution >= 4 is 10.0 Å². The van der Waals surface area contributed by atoms with E-state index < -0.39 is 15.3 Å². The lowest BCUT2D eigenvalue weighted by Gasteiger charge is -2.30. The molecule has 0 amide bonds. The van der Waals surface area contributed by atoms with E-state index in [4.69, 9.17) is 9.47 Å². The summed E-state index contributed by atoms with van der Waals surface area (Å²) in [6.07, 6.45) is 3.83. The van der Waals surface area contributed by atoms with E-state index in [9.17, 15) is 8.42 Å². The lowest BCUT2D eigenvalue weighted by molar-refractivity contribution is 0.385. The fourth-order valence-corrected chi connectivity index (χ4v) is 5.50. The van der Waals surface area contributed by atoms with Crippen molar-refractivity contribution in [2.24, 2.45) is 5.92 Å². The Labute approximate surface area is 180 Å². The molecule has 0 radical (unpaired) electrons. The molecule has 2 aromatic carbocycles. The van der Waals surface area contributed by atoms with Gasteiger partial charge >= 0.3 is 0 Å². The number of rotatable bonds is 10. The van der Waals surface area contributed by atoms with Gasteiger partial charge in [0.1, 0.15) is 11.5 Å². The highest BCUT2D eigenvalue weighted by Gasteiger charge is 2.32. The van der Waals surface area contributed by atoms with Crippen LogP contribution >= 0.6 is 0 Å². The van der Waals surface area contributed by atoms with Gasteiger partial charge in [0.05, 0.1) is 19.5 Å². The molecule has 162 valence electrons. The standard InChI is InChI=1S/C24H31NO4S/c1-18-13-22(14-18)15-19(2)30(26,27)25(16-20-5-9-23(28-3)10-6-20)17-21-7-11-24(29-4)12-8-21/h5-13,19,22H,14-17H2,1-4H3. The topological polar surface area (TPSA) is 55.8 Å². The van der Waals surface area contributed by atoms with E-state index >= 15 is 0 Å². The molecule has 0 aliphatic heterocycles. The lowest BCUT2D eigenvalue weighted by atomic mass is 9.84. The van der Waals surface area contributed by atoms with E-state index in [0.717, 1.165) is 29.0 Å². The van der Waals surface area contributed by atoms with Gasteiger partial charge in [0, 0.05) is 13.1 Å². The Hall–Kier alpha value is -2.31. The number of benzene rings is 2. The number of allylic oxidation sites excluding steroid dienone is 2. The van der Waals surface area contributed by atoms with Crippen molar-refractivity contribution < 1.29 is 17.9 Å². The molecule has 6 heteroatoms. The molecule has 2 atom stereocenters. The molecule has 0 bridgehead atoms. The molecule has 0 aromatic heterocycles. The van der Waals surface area contributed by atoms with E-state index in [1.165, 1.54) is 5.57 Å². The predicted octanol–water partition coefficient (Wildman–Crippen LogP) is 4.78. The second-order valence-corrected chi connectivity index (χ2v) is 10.4. The Morgan fingerprint density at radius 2 is 1.37 bits per heavy atom. The molecule has 2 unspecified atom stereocenters.